The average molecular weight is 381 g/mol. The maximum atomic E-state index is 7.96. The highest BCUT2D eigenvalue weighted by Crippen LogP contribution is 2.45. The van der Waals surface area contributed by atoms with Crippen LogP contribution in [0.25, 0.3) is 38.0 Å². The highest BCUT2D eigenvalue weighted by molar-refractivity contribution is 6.13. The first-order valence-electron chi connectivity index (χ1n) is 10.5. The lowest BCUT2D eigenvalue weighted by Gasteiger charge is -2.21. The summed E-state index contributed by atoms with van der Waals surface area (Å²) >= 11 is 0. The van der Waals surface area contributed by atoms with Crippen LogP contribution in [0.15, 0.2) is 53.1 Å². The van der Waals surface area contributed by atoms with E-state index >= 15 is 0 Å². The molecule has 3 heteroatoms. The van der Waals surface area contributed by atoms with Gasteiger partial charge in [0.05, 0.1) is 12.1 Å². The van der Waals surface area contributed by atoms with Crippen molar-refractivity contribution in [2.24, 2.45) is 7.05 Å². The fourth-order valence-corrected chi connectivity index (χ4v) is 5.02. The molecule has 0 spiro atoms. The third-order valence-electron chi connectivity index (χ3n) is 6.46. The number of fused-ring (bicyclic) bond motifs is 3. The first-order chi connectivity index (χ1) is 14.2. The van der Waals surface area contributed by atoms with Gasteiger partial charge in [-0.2, -0.15) is 0 Å². The van der Waals surface area contributed by atoms with Gasteiger partial charge in [-0.1, -0.05) is 37.5 Å². The molecule has 0 N–H and O–H groups in total. The van der Waals surface area contributed by atoms with Gasteiger partial charge in [-0.25, -0.2) is 9.41 Å². The SMILES string of the molecule is [C-]#[N+]c1c(-c2cccc[n+]2C)c(C)cc2c1oc1c(C3CCCCC3)cccc12. The van der Waals surface area contributed by atoms with E-state index in [-0.39, 0.29) is 0 Å². The predicted octanol–water partition coefficient (Wildman–Crippen LogP) is 6.98. The maximum Gasteiger partial charge on any atom is 0.243 e. The minimum absolute atomic E-state index is 0.567. The van der Waals surface area contributed by atoms with E-state index in [1.165, 1.54) is 37.7 Å². The van der Waals surface area contributed by atoms with Crippen molar-refractivity contribution in [3.63, 3.8) is 0 Å². The third-order valence-corrected chi connectivity index (χ3v) is 6.46. The van der Waals surface area contributed by atoms with Crippen molar-refractivity contribution in [3.8, 4) is 11.3 Å². The molecule has 0 unspecified atom stereocenters. The largest absolute Gasteiger partial charge is 0.467 e. The van der Waals surface area contributed by atoms with Crippen LogP contribution in [0.5, 0.6) is 0 Å². The number of furan rings is 1. The van der Waals surface area contributed by atoms with Crippen molar-refractivity contribution >= 4 is 27.6 Å². The second-order valence-corrected chi connectivity index (χ2v) is 8.26. The van der Waals surface area contributed by atoms with Gasteiger partial charge >= 0.3 is 0 Å². The van der Waals surface area contributed by atoms with Crippen LogP contribution >= 0.6 is 0 Å². The Morgan fingerprint density at radius 3 is 2.59 bits per heavy atom. The lowest BCUT2D eigenvalue weighted by Crippen LogP contribution is -2.30. The van der Waals surface area contributed by atoms with E-state index in [0.717, 1.165) is 38.8 Å². The van der Waals surface area contributed by atoms with E-state index in [9.17, 15) is 0 Å². The molecule has 2 aromatic carbocycles. The Morgan fingerprint density at radius 2 is 1.83 bits per heavy atom. The van der Waals surface area contributed by atoms with Gasteiger partial charge in [0.2, 0.25) is 11.4 Å². The molecule has 3 nitrogen and oxygen atoms in total. The number of aromatic nitrogens is 1. The third kappa shape index (κ3) is 2.83. The van der Waals surface area contributed by atoms with Crippen molar-refractivity contribution in [2.75, 3.05) is 0 Å². The highest BCUT2D eigenvalue weighted by Gasteiger charge is 2.25. The molecular formula is C26H25N2O+. The van der Waals surface area contributed by atoms with E-state index in [4.69, 9.17) is 11.0 Å². The number of benzene rings is 2. The number of pyridine rings is 1. The Hall–Kier alpha value is -3.12. The molecule has 0 saturated heterocycles. The summed E-state index contributed by atoms with van der Waals surface area (Å²) in [6, 6.07) is 14.8. The van der Waals surface area contributed by atoms with Crippen LogP contribution in [-0.4, -0.2) is 0 Å². The molecule has 0 atom stereocenters. The second-order valence-electron chi connectivity index (χ2n) is 8.26. The molecule has 2 aromatic heterocycles. The second kappa shape index (κ2) is 7.04. The van der Waals surface area contributed by atoms with Crippen LogP contribution in [0.4, 0.5) is 5.69 Å². The molecule has 1 saturated carbocycles. The maximum absolute atomic E-state index is 7.96. The quantitative estimate of drug-likeness (QED) is 0.271. The molecule has 1 aliphatic carbocycles. The zero-order chi connectivity index (χ0) is 20.0. The predicted molar refractivity (Wildman–Crippen MR) is 117 cm³/mol. The molecule has 144 valence electrons. The van der Waals surface area contributed by atoms with Gasteiger partial charge < -0.3 is 4.42 Å². The van der Waals surface area contributed by atoms with Gasteiger partial charge in [0.15, 0.2) is 6.20 Å². The summed E-state index contributed by atoms with van der Waals surface area (Å²) in [5.41, 5.74) is 6.75. The van der Waals surface area contributed by atoms with Crippen LogP contribution in [0.1, 0.15) is 49.1 Å². The smallest absolute Gasteiger partial charge is 0.243 e. The van der Waals surface area contributed by atoms with E-state index in [1.54, 1.807) is 0 Å². The van der Waals surface area contributed by atoms with Crippen molar-refractivity contribution in [1.82, 2.24) is 0 Å². The number of hydrogen-bond acceptors (Lipinski definition) is 1. The highest BCUT2D eigenvalue weighted by atomic mass is 16.3. The van der Waals surface area contributed by atoms with Crippen LogP contribution in [0, 0.1) is 13.5 Å². The summed E-state index contributed by atoms with van der Waals surface area (Å²) < 4.78 is 8.56. The van der Waals surface area contributed by atoms with Crippen LogP contribution < -0.4 is 4.57 Å². The van der Waals surface area contributed by atoms with Crippen LogP contribution in [0.2, 0.25) is 0 Å². The normalized spacial score (nSPS) is 15.1. The zero-order valence-electron chi connectivity index (χ0n) is 17.0. The average Bonchev–Trinajstić information content (AvgIpc) is 3.12. The Morgan fingerprint density at radius 1 is 1.00 bits per heavy atom. The van der Waals surface area contributed by atoms with Gasteiger partial charge in [-0.15, -0.1) is 0 Å². The molecule has 1 aliphatic rings. The number of aryl methyl sites for hydroxylation is 2. The fourth-order valence-electron chi connectivity index (χ4n) is 5.02. The monoisotopic (exact) mass is 381 g/mol. The van der Waals surface area contributed by atoms with Crippen molar-refractivity contribution in [3.05, 3.63) is 71.2 Å². The molecule has 2 heterocycles. The molecule has 29 heavy (non-hydrogen) atoms. The van der Waals surface area contributed by atoms with E-state index in [2.05, 4.69) is 46.7 Å². The Labute approximate surface area is 171 Å². The molecule has 1 fully saturated rings. The summed E-state index contributed by atoms with van der Waals surface area (Å²) in [6.07, 6.45) is 8.41. The van der Waals surface area contributed by atoms with Gasteiger partial charge in [0.1, 0.15) is 18.2 Å². The Kier molecular flexibility index (Phi) is 4.36. The van der Waals surface area contributed by atoms with Gasteiger partial charge in [0.25, 0.3) is 0 Å². The number of hydrogen-bond donors (Lipinski definition) is 0. The summed E-state index contributed by atoms with van der Waals surface area (Å²) in [5.74, 6) is 0.567. The summed E-state index contributed by atoms with van der Waals surface area (Å²) in [6.45, 7) is 10.1. The zero-order valence-corrected chi connectivity index (χ0v) is 17.0. The molecular weight excluding hydrogens is 356 g/mol. The summed E-state index contributed by atoms with van der Waals surface area (Å²) in [5, 5.41) is 2.20. The van der Waals surface area contributed by atoms with Crippen LogP contribution in [-0.2, 0) is 7.05 Å². The topological polar surface area (TPSA) is 21.4 Å². The summed E-state index contributed by atoms with van der Waals surface area (Å²) in [4.78, 5) is 3.96. The number of rotatable bonds is 2. The molecule has 0 amide bonds. The van der Waals surface area contributed by atoms with Gasteiger partial charge in [-0.05, 0) is 48.9 Å². The molecule has 0 bridgehead atoms. The molecule has 4 aromatic rings. The molecule has 5 rings (SSSR count). The molecule has 0 aliphatic heterocycles. The van der Waals surface area contributed by atoms with Crippen molar-refractivity contribution in [1.29, 1.82) is 0 Å². The standard InChI is InChI=1S/C26H25N2O/c1-17-16-21-20-13-9-12-19(18-10-5-4-6-11-18)25(20)29-26(21)24(27-2)23(17)22-14-7-8-15-28(22)3/h7-9,12-16,18H,4-6,10-11H2,1,3H3/q+1. The first kappa shape index (κ1) is 17.9. The number of para-hydroxylation sites is 1. The Bertz CT molecular complexity index is 1270. The minimum Gasteiger partial charge on any atom is -0.467 e. The lowest BCUT2D eigenvalue weighted by atomic mass is 9.83. The van der Waals surface area contributed by atoms with E-state index in [1.807, 2.05) is 25.4 Å². The Balaban J connectivity index is 1.82. The van der Waals surface area contributed by atoms with Gasteiger partial charge in [-0.3, -0.25) is 0 Å². The van der Waals surface area contributed by atoms with E-state index < -0.39 is 0 Å². The summed E-state index contributed by atoms with van der Waals surface area (Å²) in [7, 11) is 2.02. The van der Waals surface area contributed by atoms with E-state index in [0.29, 0.717) is 11.6 Å². The lowest BCUT2D eigenvalue weighted by molar-refractivity contribution is -0.660. The number of nitrogens with zero attached hydrogens (tertiary/aromatic N) is 2. The van der Waals surface area contributed by atoms with Gasteiger partial charge in [0, 0.05) is 22.9 Å². The van der Waals surface area contributed by atoms with Crippen LogP contribution in [0.3, 0.4) is 0 Å². The fraction of sp³-hybridized carbons (Fsp3) is 0.308. The van der Waals surface area contributed by atoms with Crippen molar-refractivity contribution < 1.29 is 8.98 Å². The molecule has 0 radical (unpaired) electrons. The van der Waals surface area contributed by atoms with Crippen molar-refractivity contribution in [2.45, 2.75) is 44.9 Å². The first-order valence-corrected chi connectivity index (χ1v) is 10.5. The minimum atomic E-state index is 0.567.